The molecule has 0 spiro atoms. The van der Waals surface area contributed by atoms with E-state index in [0.717, 1.165) is 0 Å². The first kappa shape index (κ1) is 13.4. The zero-order chi connectivity index (χ0) is 13.7. The summed E-state index contributed by atoms with van der Waals surface area (Å²) in [6.07, 6.45) is 5.99. The molecule has 0 aliphatic rings. The number of nitrogens with zero attached hydrogens (tertiary/aromatic N) is 2. The third-order valence-electron chi connectivity index (χ3n) is 2.28. The summed E-state index contributed by atoms with van der Waals surface area (Å²) >= 11 is 0. The molecule has 5 nitrogen and oxygen atoms in total. The van der Waals surface area contributed by atoms with Gasteiger partial charge in [0.05, 0.1) is 5.69 Å². The molecule has 92 valence electrons. The SMILES string of the molecule is C=Cc1nc(O[N+](=O)[O-])c(C=C)c(C=C)c1C=C. The highest BCUT2D eigenvalue weighted by atomic mass is 17.0. The van der Waals surface area contributed by atoms with Crippen molar-refractivity contribution in [2.45, 2.75) is 0 Å². The van der Waals surface area contributed by atoms with Crippen LogP contribution in [0.3, 0.4) is 0 Å². The molecule has 0 amide bonds. The van der Waals surface area contributed by atoms with E-state index in [1.807, 2.05) is 0 Å². The Bertz CT molecular complexity index is 548. The summed E-state index contributed by atoms with van der Waals surface area (Å²) in [5.41, 5.74) is 2.11. The fourth-order valence-corrected chi connectivity index (χ4v) is 1.56. The number of pyridine rings is 1. The zero-order valence-electron chi connectivity index (χ0n) is 9.76. The molecule has 1 heterocycles. The molecule has 1 aromatic rings. The minimum atomic E-state index is -0.928. The van der Waals surface area contributed by atoms with Crippen LogP contribution in [-0.2, 0) is 0 Å². The quantitative estimate of drug-likeness (QED) is 0.569. The second-order valence-corrected chi connectivity index (χ2v) is 3.17. The second kappa shape index (κ2) is 5.58. The minimum absolute atomic E-state index is 0.148. The van der Waals surface area contributed by atoms with E-state index in [1.54, 1.807) is 6.08 Å². The molecule has 1 rings (SSSR count). The molecular formula is C13H12N2O3. The average molecular weight is 244 g/mol. The lowest BCUT2D eigenvalue weighted by Crippen LogP contribution is -2.09. The van der Waals surface area contributed by atoms with E-state index in [-0.39, 0.29) is 5.88 Å². The lowest BCUT2D eigenvalue weighted by Gasteiger charge is -2.12. The van der Waals surface area contributed by atoms with Gasteiger partial charge in [0.15, 0.2) is 0 Å². The molecule has 18 heavy (non-hydrogen) atoms. The number of hydrogen-bond acceptors (Lipinski definition) is 4. The van der Waals surface area contributed by atoms with Crippen LogP contribution in [0.15, 0.2) is 26.3 Å². The summed E-state index contributed by atoms with van der Waals surface area (Å²) in [6, 6.07) is 0. The first-order valence-corrected chi connectivity index (χ1v) is 4.99. The van der Waals surface area contributed by atoms with Crippen LogP contribution < -0.4 is 4.84 Å². The van der Waals surface area contributed by atoms with Gasteiger partial charge in [-0.2, -0.15) is 0 Å². The van der Waals surface area contributed by atoms with E-state index >= 15 is 0 Å². The second-order valence-electron chi connectivity index (χ2n) is 3.17. The maximum absolute atomic E-state index is 10.4. The highest BCUT2D eigenvalue weighted by Gasteiger charge is 2.15. The third-order valence-corrected chi connectivity index (χ3v) is 2.28. The highest BCUT2D eigenvalue weighted by Crippen LogP contribution is 2.29. The van der Waals surface area contributed by atoms with Gasteiger partial charge in [0, 0.05) is 11.1 Å². The Kier molecular flexibility index (Phi) is 4.15. The zero-order valence-corrected chi connectivity index (χ0v) is 9.76. The predicted molar refractivity (Wildman–Crippen MR) is 72.2 cm³/mol. The van der Waals surface area contributed by atoms with Crippen molar-refractivity contribution in [1.29, 1.82) is 0 Å². The van der Waals surface area contributed by atoms with Crippen molar-refractivity contribution in [3.8, 4) is 5.88 Å². The van der Waals surface area contributed by atoms with Crippen molar-refractivity contribution in [2.24, 2.45) is 0 Å². The first-order chi connectivity index (χ1) is 8.58. The Hall–Kier alpha value is -2.69. The molecule has 0 fully saturated rings. The fraction of sp³-hybridized carbons (Fsp3) is 0. The topological polar surface area (TPSA) is 65.3 Å². The largest absolute Gasteiger partial charge is 0.301 e. The Morgan fingerprint density at radius 1 is 1.00 bits per heavy atom. The van der Waals surface area contributed by atoms with Crippen molar-refractivity contribution in [2.75, 3.05) is 0 Å². The molecule has 0 bridgehead atoms. The van der Waals surface area contributed by atoms with E-state index < -0.39 is 5.09 Å². The van der Waals surface area contributed by atoms with Crippen molar-refractivity contribution in [3.05, 3.63) is 58.8 Å². The average Bonchev–Trinajstić information content (AvgIpc) is 2.36. The van der Waals surface area contributed by atoms with Crippen LogP contribution in [-0.4, -0.2) is 10.1 Å². The van der Waals surface area contributed by atoms with Crippen LogP contribution in [0.25, 0.3) is 24.3 Å². The van der Waals surface area contributed by atoms with Gasteiger partial charge in [-0.15, -0.1) is 10.1 Å². The van der Waals surface area contributed by atoms with Crippen LogP contribution in [0.5, 0.6) is 5.88 Å². The van der Waals surface area contributed by atoms with E-state index in [2.05, 4.69) is 36.1 Å². The highest BCUT2D eigenvalue weighted by molar-refractivity contribution is 5.78. The molecule has 0 aliphatic heterocycles. The lowest BCUT2D eigenvalue weighted by atomic mass is 10.0. The predicted octanol–water partition coefficient (Wildman–Crippen LogP) is 3.22. The molecule has 0 aliphatic carbocycles. The molecule has 0 atom stereocenters. The van der Waals surface area contributed by atoms with Gasteiger partial charge in [-0.05, 0) is 11.6 Å². The normalized spacial score (nSPS) is 9.33. The van der Waals surface area contributed by atoms with Gasteiger partial charge < -0.3 is 0 Å². The third kappa shape index (κ3) is 2.35. The van der Waals surface area contributed by atoms with Gasteiger partial charge in [-0.3, -0.25) is 4.84 Å². The molecule has 0 N–H and O–H groups in total. The van der Waals surface area contributed by atoms with Crippen LogP contribution >= 0.6 is 0 Å². The van der Waals surface area contributed by atoms with Gasteiger partial charge in [0.25, 0.3) is 0 Å². The molecule has 0 unspecified atom stereocenters. The molecule has 5 heteroatoms. The van der Waals surface area contributed by atoms with Gasteiger partial charge in [0.2, 0.25) is 5.88 Å². The maximum atomic E-state index is 10.4. The van der Waals surface area contributed by atoms with Crippen molar-refractivity contribution in [1.82, 2.24) is 4.98 Å². The standard InChI is InChI=1S/C13H12N2O3/c1-5-9-10(6-2)12(8-4)14-13(11(9)7-3)18-15(16)17/h5-8H,1-4H2. The Morgan fingerprint density at radius 2 is 1.56 bits per heavy atom. The van der Waals surface area contributed by atoms with Crippen molar-refractivity contribution in [3.63, 3.8) is 0 Å². The van der Waals surface area contributed by atoms with Gasteiger partial charge in [0.1, 0.15) is 0 Å². The van der Waals surface area contributed by atoms with E-state index in [0.29, 0.717) is 22.4 Å². The van der Waals surface area contributed by atoms with Gasteiger partial charge in [-0.1, -0.05) is 44.5 Å². The summed E-state index contributed by atoms with van der Waals surface area (Å²) in [5.74, 6) is -0.148. The first-order valence-electron chi connectivity index (χ1n) is 4.99. The summed E-state index contributed by atoms with van der Waals surface area (Å²) in [5, 5.41) is 9.50. The smallest absolute Gasteiger partial charge is 0.255 e. The molecule has 0 aromatic carbocycles. The Morgan fingerprint density at radius 3 is 1.94 bits per heavy atom. The summed E-state index contributed by atoms with van der Waals surface area (Å²) in [4.78, 5) is 18.9. The van der Waals surface area contributed by atoms with Crippen LogP contribution in [0.4, 0.5) is 0 Å². The molecule has 0 saturated carbocycles. The van der Waals surface area contributed by atoms with E-state index in [1.165, 1.54) is 18.2 Å². The van der Waals surface area contributed by atoms with E-state index in [4.69, 9.17) is 0 Å². The fourth-order valence-electron chi connectivity index (χ4n) is 1.56. The van der Waals surface area contributed by atoms with Crippen LogP contribution in [0.2, 0.25) is 0 Å². The molecule has 0 radical (unpaired) electrons. The number of rotatable bonds is 6. The van der Waals surface area contributed by atoms with Crippen molar-refractivity contribution >= 4 is 24.3 Å². The van der Waals surface area contributed by atoms with Gasteiger partial charge in [-0.25, -0.2) is 4.98 Å². The van der Waals surface area contributed by atoms with Crippen molar-refractivity contribution < 1.29 is 9.92 Å². The summed E-state index contributed by atoms with van der Waals surface area (Å²) in [7, 11) is 0. The number of hydrogen-bond donors (Lipinski definition) is 0. The molecular weight excluding hydrogens is 232 g/mol. The van der Waals surface area contributed by atoms with E-state index in [9.17, 15) is 10.1 Å². The Balaban J connectivity index is 3.67. The molecule has 1 aromatic heterocycles. The maximum Gasteiger partial charge on any atom is 0.301 e. The van der Waals surface area contributed by atoms with Gasteiger partial charge >= 0.3 is 5.09 Å². The monoisotopic (exact) mass is 244 g/mol. The lowest BCUT2D eigenvalue weighted by molar-refractivity contribution is -0.712. The van der Waals surface area contributed by atoms with Crippen LogP contribution in [0.1, 0.15) is 22.4 Å². The minimum Gasteiger partial charge on any atom is -0.255 e. The number of aromatic nitrogens is 1. The van der Waals surface area contributed by atoms with Crippen LogP contribution in [0, 0.1) is 10.1 Å². The summed E-state index contributed by atoms with van der Waals surface area (Å²) < 4.78 is 0. The summed E-state index contributed by atoms with van der Waals surface area (Å²) in [6.45, 7) is 14.5. The molecule has 0 saturated heterocycles. The Labute approximate surface area is 105 Å².